The Morgan fingerprint density at radius 3 is 0.968 bits per heavy atom. The van der Waals surface area contributed by atoms with Gasteiger partial charge in [0.15, 0.2) is 53.1 Å². The van der Waals surface area contributed by atoms with Crippen molar-refractivity contribution >= 4 is 91.6 Å². The quantitative estimate of drug-likeness (QED) is 0.0283. The van der Waals surface area contributed by atoms with Gasteiger partial charge in [-0.25, -0.2) is 29.3 Å². The zero-order chi connectivity index (χ0) is 70.9. The predicted molar refractivity (Wildman–Crippen MR) is 306 cm³/mol. The summed E-state index contributed by atoms with van der Waals surface area (Å²) in [6, 6.07) is 5.18. The van der Waals surface area contributed by atoms with Crippen LogP contribution < -0.4 is 17.2 Å². The highest BCUT2D eigenvalue weighted by atomic mass is 31.2. The van der Waals surface area contributed by atoms with Gasteiger partial charge >= 0.3 is 40.7 Å². The zero-order valence-electron chi connectivity index (χ0n) is 49.8. The molecule has 0 amide bonds. The molecule has 0 spiro atoms. The maximum Gasteiger partial charge on any atom is 0.365 e. The summed E-state index contributed by atoms with van der Waals surface area (Å²) in [6.45, 7) is 6.97. The summed E-state index contributed by atoms with van der Waals surface area (Å²) in [6.07, 6.45) is -13.6. The van der Waals surface area contributed by atoms with Gasteiger partial charge in [-0.2, -0.15) is 45.7 Å². The third-order valence-corrected chi connectivity index (χ3v) is 16.0. The maximum absolute atomic E-state index is 12.2. The smallest absolute Gasteiger partial charge is 0.365 e. The zero-order valence-corrected chi connectivity index (χ0v) is 52.5. The second kappa shape index (κ2) is 28.7. The lowest BCUT2D eigenvalue weighted by Crippen LogP contribution is -2.38. The third kappa shape index (κ3) is 17.1. The van der Waals surface area contributed by atoms with Gasteiger partial charge in [-0.15, -0.1) is 0 Å². The van der Waals surface area contributed by atoms with Crippen molar-refractivity contribution in [2.75, 3.05) is 37.0 Å². The van der Waals surface area contributed by atoms with Crippen LogP contribution >= 0.6 is 22.8 Å². The van der Waals surface area contributed by atoms with Gasteiger partial charge in [-0.1, -0.05) is 0 Å². The second-order valence-electron chi connectivity index (χ2n) is 22.5. The fourth-order valence-electron chi connectivity index (χ4n) is 8.99. The van der Waals surface area contributed by atoms with Gasteiger partial charge in [-0.3, -0.25) is 27.4 Å². The highest BCUT2D eigenvalue weighted by molar-refractivity contribution is 7.54. The summed E-state index contributed by atoms with van der Waals surface area (Å²) in [7, 11) is -15.3. The summed E-state index contributed by atoms with van der Waals surface area (Å²) in [5.41, 5.74) is 15.7. The highest BCUT2D eigenvalue weighted by Crippen LogP contribution is 2.46. The SMILES string of the molecule is CC(C)(C)OC(=O)[C@@H](OC[C@H]1O[C@@H](n2cnc3c(N)nc(C#N)nc32)[C@H](O)[C@@H]1O)P(=O)(O)O.CC(C)(C)OC(=O)[C@H](OC[C@H]1O[C@@H](n2cnc3c(N)nc(C#N)nc32)[C@H](O)[C@@H]1O)P(=O)(O)O.N#Cc1nc(N)c2ncn([C@@H]3O[C@H](CO[C@@H](C(=O)O)P(=O)(O)O)[C@@H](O)[C@H]3O)c2n1. The van der Waals surface area contributed by atoms with Crippen molar-refractivity contribution in [3.05, 3.63) is 36.5 Å². The summed E-state index contributed by atoms with van der Waals surface area (Å²) >= 11 is 0. The van der Waals surface area contributed by atoms with E-state index in [4.69, 9.17) is 85.8 Å². The number of hydrogen-bond acceptors (Lipinski definition) is 35. The van der Waals surface area contributed by atoms with Crippen LogP contribution in [-0.2, 0) is 66.0 Å². The van der Waals surface area contributed by atoms with Crippen molar-refractivity contribution in [1.82, 2.24) is 58.6 Å². The first-order chi connectivity index (χ1) is 44.0. The van der Waals surface area contributed by atoms with E-state index in [0.29, 0.717) is 0 Å². The molecule has 48 heteroatoms. The van der Waals surface area contributed by atoms with Crippen LogP contribution in [0.2, 0.25) is 0 Å². The molecule has 0 bridgehead atoms. The Kier molecular flexibility index (Phi) is 22.4. The minimum Gasteiger partial charge on any atom is -0.479 e. The number of aliphatic hydroxyl groups excluding tert-OH is 6. The average molecular weight is 1400 g/mol. The predicted octanol–water partition coefficient (Wildman–Crippen LogP) is -4.97. The number of imidazole rings is 3. The Morgan fingerprint density at radius 1 is 0.495 bits per heavy atom. The number of fused-ring (bicyclic) bond motifs is 3. The van der Waals surface area contributed by atoms with Gasteiger partial charge in [0.05, 0.1) is 38.8 Å². The maximum atomic E-state index is 12.2. The molecule has 0 aromatic carbocycles. The fourth-order valence-corrected chi connectivity index (χ4v) is 10.8. The first kappa shape index (κ1) is 74.3. The molecule has 45 nitrogen and oxygen atoms in total. The number of aliphatic carboxylic acids is 1. The van der Waals surface area contributed by atoms with E-state index >= 15 is 0 Å². The lowest BCUT2D eigenvalue weighted by atomic mass is 10.1. The molecule has 0 radical (unpaired) electrons. The van der Waals surface area contributed by atoms with Crippen LogP contribution in [0.4, 0.5) is 17.5 Å². The van der Waals surface area contributed by atoms with E-state index in [1.807, 2.05) is 0 Å². The van der Waals surface area contributed by atoms with Crippen LogP contribution in [0.25, 0.3) is 33.5 Å². The molecule has 15 atom stereocenters. The van der Waals surface area contributed by atoms with Crippen LogP contribution in [0.1, 0.15) is 77.7 Å². The molecule has 95 heavy (non-hydrogen) atoms. The number of carboxylic acids is 1. The Balaban J connectivity index is 0.000000202. The van der Waals surface area contributed by atoms with Gasteiger partial charge in [0, 0.05) is 0 Å². The molecule has 0 aliphatic carbocycles. The fraction of sp³-hybridized carbons (Fsp3) is 0.553. The van der Waals surface area contributed by atoms with E-state index in [1.54, 1.807) is 18.2 Å². The topological polar surface area (TPSA) is 719 Å². The number of hydrogen-bond donors (Lipinski definition) is 16. The molecule has 3 fully saturated rings. The van der Waals surface area contributed by atoms with Crippen molar-refractivity contribution < 1.29 is 131 Å². The van der Waals surface area contributed by atoms with Crippen molar-refractivity contribution in [2.45, 2.75) is 144 Å². The van der Waals surface area contributed by atoms with E-state index in [2.05, 4.69) is 44.9 Å². The van der Waals surface area contributed by atoms with E-state index < -0.39 is 163 Å². The molecule has 9 rings (SSSR count). The lowest BCUT2D eigenvalue weighted by molar-refractivity contribution is -0.167. The number of carbonyl (C=O) groups is 3. The number of aromatic nitrogens is 12. The molecular weight excluding hydrogens is 1340 g/mol. The van der Waals surface area contributed by atoms with Gasteiger partial charge in [0.25, 0.3) is 17.5 Å². The van der Waals surface area contributed by atoms with Crippen molar-refractivity contribution in [2.24, 2.45) is 0 Å². The average Bonchev–Trinajstić information content (AvgIpc) is 1.64. The number of anilines is 3. The summed E-state index contributed by atoms with van der Waals surface area (Å²) in [4.78, 5) is 127. The number of nitriles is 3. The highest BCUT2D eigenvalue weighted by Gasteiger charge is 2.50. The first-order valence-electron chi connectivity index (χ1n) is 26.9. The van der Waals surface area contributed by atoms with E-state index in [1.165, 1.54) is 74.2 Å². The molecule has 9 heterocycles. The van der Waals surface area contributed by atoms with Crippen molar-refractivity contribution in [3.63, 3.8) is 0 Å². The van der Waals surface area contributed by atoms with Crippen molar-refractivity contribution in [1.29, 1.82) is 15.8 Å². The largest absolute Gasteiger partial charge is 0.479 e. The van der Waals surface area contributed by atoms with Gasteiger partial charge in [0.2, 0.25) is 17.5 Å². The Hall–Kier alpha value is -8.10. The number of carboxylic acid groups (broad SMARTS) is 1. The normalized spacial score (nSPS) is 24.9. The molecule has 6 aromatic rings. The molecule has 3 aliphatic rings. The molecule has 0 saturated carbocycles. The number of nitrogen functional groups attached to an aromatic ring is 3. The van der Waals surface area contributed by atoms with Gasteiger partial charge in [-0.05, 0) is 41.5 Å². The number of ether oxygens (including phenoxy) is 8. The van der Waals surface area contributed by atoms with Crippen LogP contribution in [0, 0.1) is 34.0 Å². The first-order valence-corrected chi connectivity index (χ1v) is 32.0. The summed E-state index contributed by atoms with van der Waals surface area (Å²) in [5.74, 6) is -12.5. The van der Waals surface area contributed by atoms with Crippen LogP contribution in [0.15, 0.2) is 19.0 Å². The minimum absolute atomic E-state index is 0.0329. The van der Waals surface area contributed by atoms with Crippen molar-refractivity contribution in [3.8, 4) is 18.2 Å². The third-order valence-electron chi connectivity index (χ3n) is 13.1. The molecule has 6 aromatic heterocycles. The van der Waals surface area contributed by atoms with E-state index in [0.717, 1.165) is 0 Å². The van der Waals surface area contributed by atoms with Gasteiger partial charge < -0.3 is 120 Å². The molecule has 19 N–H and O–H groups in total. The molecule has 3 aliphatic heterocycles. The minimum atomic E-state index is -5.13. The molecular formula is C47H61N18O27P3. The number of nitrogens with two attached hydrogens (primary N) is 3. The standard InChI is InChI=1S/2C17H23N6O9P.C13H15N6O9P/c2*1-17(2,3)32-15(26)16(33(27,28)29)30-5-7-10(24)11(25)14(31-7)23-6-20-9-12(19)21-8(4-18)22-13(9)23;14-1-5-17-9(15)6-10(18-5)19(3-16-6)11-8(21)7(20)4(28-11)2-27-13(12(22)23)29(24,25)26/h2*6-7,10-11,14,16,24-25H,5H2,1-3H3,(H2,19,21,22)(H2,27,28,29);3-4,7-8,11,13,20-21H,2H2,(H,22,23)(H2,15,17,18)(H2,24,25,26)/t7-,10-,11-,14-,16+;7-,10-,11-,14-,16-;4-,7-,8-,11-,13-/m111/s1. The number of esters is 2. The molecule has 3 saturated heterocycles. The monoisotopic (exact) mass is 1400 g/mol. The number of rotatable bonds is 18. The molecule has 516 valence electrons. The second-order valence-corrected chi connectivity index (χ2v) is 27.4. The van der Waals surface area contributed by atoms with Crippen LogP contribution in [0.5, 0.6) is 0 Å². The Labute approximate surface area is 531 Å². The summed E-state index contributed by atoms with van der Waals surface area (Å²) in [5, 5.41) is 98.1. The van der Waals surface area contributed by atoms with E-state index in [9.17, 15) is 78.3 Å². The van der Waals surface area contributed by atoms with Gasteiger partial charge in [0.1, 0.15) is 101 Å². The van der Waals surface area contributed by atoms with Crippen LogP contribution in [0.3, 0.4) is 0 Å². The lowest BCUT2D eigenvalue weighted by Gasteiger charge is -2.25. The Bertz CT molecular complexity index is 3950. The number of carbonyl (C=O) groups excluding carboxylic acids is 2. The Morgan fingerprint density at radius 2 is 0.747 bits per heavy atom. The number of nitrogens with zero attached hydrogens (tertiary/aromatic N) is 15. The van der Waals surface area contributed by atoms with E-state index in [-0.39, 0.29) is 68.4 Å². The summed E-state index contributed by atoms with van der Waals surface area (Å²) < 4.78 is 79.8. The number of aliphatic hydroxyl groups is 6. The molecule has 0 unspecified atom stereocenters. The van der Waals surface area contributed by atoms with Crippen LogP contribution in [-0.4, -0.2) is 245 Å².